The van der Waals surface area contributed by atoms with Gasteiger partial charge in [-0.25, -0.2) is 9.59 Å². The minimum atomic E-state index is -1.22. The van der Waals surface area contributed by atoms with Crippen LogP contribution in [0.25, 0.3) is 0 Å². The number of hydrogen-bond donors (Lipinski definition) is 4. The molecule has 0 aromatic heterocycles. The van der Waals surface area contributed by atoms with Crippen molar-refractivity contribution < 1.29 is 24.5 Å². The molecule has 1 unspecified atom stereocenters. The van der Waals surface area contributed by atoms with Crippen molar-refractivity contribution in [3.8, 4) is 5.75 Å². The Hall–Kier alpha value is -2.28. The Labute approximate surface area is 115 Å². The fourth-order valence-corrected chi connectivity index (χ4v) is 1.97. The van der Waals surface area contributed by atoms with Gasteiger partial charge in [-0.1, -0.05) is 0 Å². The summed E-state index contributed by atoms with van der Waals surface area (Å²) in [5.74, 6) is -1.10. The number of aromatic carboxylic acids is 1. The van der Waals surface area contributed by atoms with E-state index in [9.17, 15) is 14.7 Å². The summed E-state index contributed by atoms with van der Waals surface area (Å²) in [5, 5.41) is 23.4. The molecule has 7 nitrogen and oxygen atoms in total. The van der Waals surface area contributed by atoms with Gasteiger partial charge in [-0.2, -0.15) is 0 Å². The Morgan fingerprint density at radius 3 is 2.85 bits per heavy atom. The van der Waals surface area contributed by atoms with Crippen molar-refractivity contribution in [3.63, 3.8) is 0 Å². The van der Waals surface area contributed by atoms with Crippen LogP contribution >= 0.6 is 0 Å². The normalized spacial score (nSPS) is 17.7. The maximum absolute atomic E-state index is 11.7. The highest BCUT2D eigenvalue weighted by Crippen LogP contribution is 2.21. The van der Waals surface area contributed by atoms with Crippen LogP contribution in [0.1, 0.15) is 16.8 Å². The Morgan fingerprint density at radius 2 is 2.20 bits per heavy atom. The van der Waals surface area contributed by atoms with Crippen LogP contribution in [0.15, 0.2) is 18.2 Å². The highest BCUT2D eigenvalue weighted by Gasteiger charge is 2.17. The number of rotatable bonds is 4. The predicted molar refractivity (Wildman–Crippen MR) is 71.0 cm³/mol. The zero-order valence-electron chi connectivity index (χ0n) is 10.8. The van der Waals surface area contributed by atoms with Crippen LogP contribution in [0.2, 0.25) is 0 Å². The molecule has 0 bridgehead atoms. The van der Waals surface area contributed by atoms with E-state index in [1.165, 1.54) is 12.1 Å². The number of carboxylic acid groups (broad SMARTS) is 1. The minimum absolute atomic E-state index is 0.135. The second kappa shape index (κ2) is 6.25. The SMILES string of the molecule is O=C(NCC1CCOC1)Nc1ccc(O)cc1C(=O)O. The van der Waals surface area contributed by atoms with E-state index in [-0.39, 0.29) is 17.0 Å². The van der Waals surface area contributed by atoms with Crippen molar-refractivity contribution in [3.05, 3.63) is 23.8 Å². The van der Waals surface area contributed by atoms with Crippen molar-refractivity contribution in [1.82, 2.24) is 5.32 Å². The van der Waals surface area contributed by atoms with Gasteiger partial charge in [0.15, 0.2) is 0 Å². The van der Waals surface area contributed by atoms with Crippen LogP contribution in [0.4, 0.5) is 10.5 Å². The monoisotopic (exact) mass is 280 g/mol. The number of anilines is 1. The number of aromatic hydroxyl groups is 1. The Bertz CT molecular complexity index is 511. The molecule has 1 heterocycles. The van der Waals surface area contributed by atoms with Gasteiger partial charge in [0.25, 0.3) is 0 Å². The van der Waals surface area contributed by atoms with Crippen LogP contribution in [0.3, 0.4) is 0 Å². The summed E-state index contributed by atoms with van der Waals surface area (Å²) in [4.78, 5) is 22.7. The third-order valence-electron chi connectivity index (χ3n) is 3.06. The lowest BCUT2D eigenvalue weighted by atomic mass is 10.1. The first-order valence-corrected chi connectivity index (χ1v) is 6.25. The lowest BCUT2D eigenvalue weighted by Gasteiger charge is -2.12. The van der Waals surface area contributed by atoms with E-state index in [0.717, 1.165) is 12.5 Å². The highest BCUT2D eigenvalue weighted by molar-refractivity contribution is 6.00. The number of amides is 2. The zero-order valence-corrected chi connectivity index (χ0v) is 10.8. The first-order chi connectivity index (χ1) is 9.56. The number of urea groups is 1. The molecule has 1 aliphatic rings. The van der Waals surface area contributed by atoms with Gasteiger partial charge in [-0.15, -0.1) is 0 Å². The molecule has 1 aromatic rings. The smallest absolute Gasteiger partial charge is 0.337 e. The van der Waals surface area contributed by atoms with Gasteiger partial charge in [0.05, 0.1) is 17.9 Å². The van der Waals surface area contributed by atoms with Crippen molar-refractivity contribution >= 4 is 17.7 Å². The Kier molecular flexibility index (Phi) is 4.41. The van der Waals surface area contributed by atoms with E-state index in [4.69, 9.17) is 9.84 Å². The second-order valence-electron chi connectivity index (χ2n) is 4.60. The summed E-state index contributed by atoms with van der Waals surface area (Å²) in [7, 11) is 0. The molecule has 1 atom stereocenters. The molecule has 1 aromatic carbocycles. The number of hydrogen-bond acceptors (Lipinski definition) is 4. The van der Waals surface area contributed by atoms with E-state index in [2.05, 4.69) is 10.6 Å². The summed E-state index contributed by atoms with van der Waals surface area (Å²) >= 11 is 0. The molecular formula is C13H16N2O5. The molecule has 20 heavy (non-hydrogen) atoms. The van der Waals surface area contributed by atoms with E-state index < -0.39 is 12.0 Å². The maximum atomic E-state index is 11.7. The van der Waals surface area contributed by atoms with E-state index in [1.54, 1.807) is 0 Å². The van der Waals surface area contributed by atoms with Gasteiger partial charge in [0.2, 0.25) is 0 Å². The molecule has 0 radical (unpaired) electrons. The first kappa shape index (κ1) is 14.1. The molecule has 0 spiro atoms. The van der Waals surface area contributed by atoms with E-state index >= 15 is 0 Å². The van der Waals surface area contributed by atoms with Gasteiger partial charge in [0.1, 0.15) is 5.75 Å². The predicted octanol–water partition coefficient (Wildman–Crippen LogP) is 1.25. The van der Waals surface area contributed by atoms with Crippen LogP contribution < -0.4 is 10.6 Å². The number of benzene rings is 1. The summed E-state index contributed by atoms with van der Waals surface area (Å²) < 4.78 is 5.19. The summed E-state index contributed by atoms with van der Waals surface area (Å²) in [6.45, 7) is 1.81. The van der Waals surface area contributed by atoms with Gasteiger partial charge in [-0.05, 0) is 24.6 Å². The Morgan fingerprint density at radius 1 is 1.40 bits per heavy atom. The summed E-state index contributed by atoms with van der Waals surface area (Å²) in [6.07, 6.45) is 0.903. The number of carbonyl (C=O) groups excluding carboxylic acids is 1. The fraction of sp³-hybridized carbons (Fsp3) is 0.385. The fourth-order valence-electron chi connectivity index (χ4n) is 1.97. The average molecular weight is 280 g/mol. The quantitative estimate of drug-likeness (QED) is 0.621. The van der Waals surface area contributed by atoms with Crippen LogP contribution in [0.5, 0.6) is 5.75 Å². The van der Waals surface area contributed by atoms with Crippen molar-refractivity contribution in [2.24, 2.45) is 5.92 Å². The molecule has 0 aliphatic carbocycles. The number of carboxylic acids is 1. The number of phenols is 1. The molecule has 1 aliphatic heterocycles. The largest absolute Gasteiger partial charge is 0.508 e. The van der Waals surface area contributed by atoms with Gasteiger partial charge in [0, 0.05) is 19.1 Å². The number of carbonyl (C=O) groups is 2. The minimum Gasteiger partial charge on any atom is -0.508 e. The lowest BCUT2D eigenvalue weighted by Crippen LogP contribution is -2.33. The number of ether oxygens (including phenoxy) is 1. The van der Waals surface area contributed by atoms with Crippen LogP contribution in [0, 0.1) is 5.92 Å². The molecule has 2 rings (SSSR count). The van der Waals surface area contributed by atoms with Gasteiger partial charge in [-0.3, -0.25) is 0 Å². The van der Waals surface area contributed by atoms with Crippen LogP contribution in [-0.2, 0) is 4.74 Å². The second-order valence-corrected chi connectivity index (χ2v) is 4.60. The molecule has 1 fully saturated rings. The summed E-state index contributed by atoms with van der Waals surface area (Å²) in [5.41, 5.74) is -0.0279. The molecule has 4 N–H and O–H groups in total. The summed E-state index contributed by atoms with van der Waals surface area (Å²) in [6, 6.07) is 3.26. The standard InChI is InChI=1S/C13H16N2O5/c16-9-1-2-11(10(5-9)12(17)18)15-13(19)14-6-8-3-4-20-7-8/h1-2,5,8,16H,3-4,6-7H2,(H,17,18)(H2,14,15,19). The topological polar surface area (TPSA) is 108 Å². The van der Waals surface area contributed by atoms with Crippen molar-refractivity contribution in [1.29, 1.82) is 0 Å². The lowest BCUT2D eigenvalue weighted by molar-refractivity contribution is 0.0697. The first-order valence-electron chi connectivity index (χ1n) is 6.25. The highest BCUT2D eigenvalue weighted by atomic mass is 16.5. The van der Waals surface area contributed by atoms with Gasteiger partial charge < -0.3 is 25.6 Å². The van der Waals surface area contributed by atoms with Crippen molar-refractivity contribution in [2.75, 3.05) is 25.1 Å². The third kappa shape index (κ3) is 3.61. The number of phenolic OH excluding ortho intramolecular Hbond substituents is 1. The van der Waals surface area contributed by atoms with E-state index in [1.807, 2.05) is 0 Å². The molecule has 1 saturated heterocycles. The van der Waals surface area contributed by atoms with Gasteiger partial charge >= 0.3 is 12.0 Å². The molecule has 108 valence electrons. The maximum Gasteiger partial charge on any atom is 0.337 e. The molecule has 0 saturated carbocycles. The zero-order chi connectivity index (χ0) is 14.5. The molecule has 2 amide bonds. The Balaban J connectivity index is 1.94. The van der Waals surface area contributed by atoms with E-state index in [0.29, 0.717) is 25.7 Å². The average Bonchev–Trinajstić information content (AvgIpc) is 2.91. The molecule has 7 heteroatoms. The molecular weight excluding hydrogens is 264 g/mol. The third-order valence-corrected chi connectivity index (χ3v) is 3.06. The van der Waals surface area contributed by atoms with Crippen LogP contribution in [-0.4, -0.2) is 42.0 Å². The number of nitrogens with one attached hydrogen (secondary N) is 2. The van der Waals surface area contributed by atoms with Crippen molar-refractivity contribution in [2.45, 2.75) is 6.42 Å².